The van der Waals surface area contributed by atoms with Crippen molar-refractivity contribution >= 4 is 17.3 Å². The second kappa shape index (κ2) is 4.64. The lowest BCUT2D eigenvalue weighted by molar-refractivity contribution is -0.153. The summed E-state index contributed by atoms with van der Waals surface area (Å²) in [6.45, 7) is 6.46. The van der Waals surface area contributed by atoms with E-state index in [2.05, 4.69) is 13.8 Å². The predicted octanol–water partition coefficient (Wildman–Crippen LogP) is 3.51. The lowest BCUT2D eigenvalue weighted by Crippen LogP contribution is -2.57. The first-order chi connectivity index (χ1) is 10.8. The van der Waals surface area contributed by atoms with Gasteiger partial charge in [0, 0.05) is 30.6 Å². The molecule has 0 saturated heterocycles. The highest BCUT2D eigenvalue weighted by atomic mass is 16.1. The summed E-state index contributed by atoms with van der Waals surface area (Å²) in [5, 5.41) is 0. The van der Waals surface area contributed by atoms with Crippen LogP contribution in [0.3, 0.4) is 0 Å². The number of ketones is 3. The average molecular weight is 314 g/mol. The lowest BCUT2D eigenvalue weighted by atomic mass is 9.45. The Kier molecular flexibility index (Phi) is 3.09. The molecule has 0 aromatic carbocycles. The highest BCUT2D eigenvalue weighted by Gasteiger charge is 2.63. The fourth-order valence-corrected chi connectivity index (χ4v) is 6.47. The van der Waals surface area contributed by atoms with Crippen LogP contribution in [-0.4, -0.2) is 17.3 Å². The number of allylic oxidation sites excluding steroid dienone is 1. The molecule has 2 unspecified atom stereocenters. The Morgan fingerprint density at radius 1 is 1.09 bits per heavy atom. The van der Waals surface area contributed by atoms with E-state index in [0.717, 1.165) is 19.3 Å². The molecule has 0 aromatic rings. The summed E-state index contributed by atoms with van der Waals surface area (Å²) >= 11 is 0. The molecule has 0 heterocycles. The van der Waals surface area contributed by atoms with Gasteiger partial charge in [0.2, 0.25) is 0 Å². The molecule has 23 heavy (non-hydrogen) atoms. The van der Waals surface area contributed by atoms with Crippen LogP contribution < -0.4 is 0 Å². The van der Waals surface area contributed by atoms with E-state index in [1.54, 1.807) is 0 Å². The van der Waals surface area contributed by atoms with Crippen molar-refractivity contribution in [2.45, 2.75) is 59.3 Å². The molecule has 6 atom stereocenters. The highest BCUT2D eigenvalue weighted by molar-refractivity contribution is 5.96. The van der Waals surface area contributed by atoms with E-state index in [1.165, 1.54) is 5.57 Å². The molecular formula is C20H26O3. The van der Waals surface area contributed by atoms with Gasteiger partial charge in [0.25, 0.3) is 0 Å². The molecule has 0 amide bonds. The first kappa shape index (κ1) is 15.3. The van der Waals surface area contributed by atoms with Crippen LogP contribution in [0.1, 0.15) is 59.3 Å². The standard InChI is InChI=1S/C20H26O3/c1-11-8-12-9-13(21)6-7-19(12,2)18-15(22)10-20(3)14(17(11)18)4-5-16(20)23/h9,11,14,17-18H,4-8,10H2,1-3H3/t11-,14?,17+,18?,19+,20+/m1/s1. The fourth-order valence-electron chi connectivity index (χ4n) is 6.47. The van der Waals surface area contributed by atoms with Crippen LogP contribution in [0.5, 0.6) is 0 Å². The monoisotopic (exact) mass is 314 g/mol. The van der Waals surface area contributed by atoms with Gasteiger partial charge in [0.1, 0.15) is 11.6 Å². The van der Waals surface area contributed by atoms with Crippen LogP contribution in [-0.2, 0) is 14.4 Å². The molecule has 124 valence electrons. The number of hydrogen-bond donors (Lipinski definition) is 0. The molecule has 4 rings (SSSR count). The Balaban J connectivity index is 1.82. The Hall–Kier alpha value is -1.25. The van der Waals surface area contributed by atoms with Crippen LogP contribution in [0, 0.1) is 34.5 Å². The van der Waals surface area contributed by atoms with Gasteiger partial charge in [-0.1, -0.05) is 26.3 Å². The van der Waals surface area contributed by atoms with E-state index in [0.29, 0.717) is 42.8 Å². The quantitative estimate of drug-likeness (QED) is 0.687. The Morgan fingerprint density at radius 3 is 2.57 bits per heavy atom. The van der Waals surface area contributed by atoms with Gasteiger partial charge in [0.15, 0.2) is 5.78 Å². The number of Topliss-reactive ketones (excluding diaryl/α,β-unsaturated/α-hetero) is 2. The fraction of sp³-hybridized carbons (Fsp3) is 0.750. The molecule has 0 bridgehead atoms. The van der Waals surface area contributed by atoms with Crippen molar-refractivity contribution in [3.63, 3.8) is 0 Å². The summed E-state index contributed by atoms with van der Waals surface area (Å²) in [6.07, 6.45) is 6.11. The number of rotatable bonds is 0. The summed E-state index contributed by atoms with van der Waals surface area (Å²) in [7, 11) is 0. The molecule has 0 aliphatic heterocycles. The summed E-state index contributed by atoms with van der Waals surface area (Å²) < 4.78 is 0. The minimum absolute atomic E-state index is 0.00887. The van der Waals surface area contributed by atoms with E-state index in [9.17, 15) is 14.4 Å². The zero-order valence-corrected chi connectivity index (χ0v) is 14.4. The first-order valence-electron chi connectivity index (χ1n) is 9.07. The van der Waals surface area contributed by atoms with Gasteiger partial charge in [-0.05, 0) is 48.5 Å². The average Bonchev–Trinajstić information content (AvgIpc) is 2.76. The van der Waals surface area contributed by atoms with Crippen LogP contribution in [0.25, 0.3) is 0 Å². The predicted molar refractivity (Wildman–Crippen MR) is 86.7 cm³/mol. The minimum Gasteiger partial charge on any atom is -0.299 e. The van der Waals surface area contributed by atoms with Gasteiger partial charge in [-0.2, -0.15) is 0 Å². The van der Waals surface area contributed by atoms with Crippen molar-refractivity contribution in [2.24, 2.45) is 34.5 Å². The molecular weight excluding hydrogens is 288 g/mol. The molecule has 3 heteroatoms. The van der Waals surface area contributed by atoms with Crippen LogP contribution in [0.15, 0.2) is 11.6 Å². The first-order valence-corrected chi connectivity index (χ1v) is 9.07. The smallest absolute Gasteiger partial charge is 0.155 e. The largest absolute Gasteiger partial charge is 0.299 e. The summed E-state index contributed by atoms with van der Waals surface area (Å²) in [4.78, 5) is 37.5. The zero-order valence-electron chi connectivity index (χ0n) is 14.4. The van der Waals surface area contributed by atoms with Gasteiger partial charge in [-0.15, -0.1) is 0 Å². The minimum atomic E-state index is -0.422. The normalized spacial score (nSPS) is 49.3. The van der Waals surface area contributed by atoms with Crippen molar-refractivity contribution in [1.29, 1.82) is 0 Å². The third-order valence-electron chi connectivity index (χ3n) is 7.72. The number of fused-ring (bicyclic) bond motifs is 5. The van der Waals surface area contributed by atoms with Gasteiger partial charge in [-0.3, -0.25) is 14.4 Å². The van der Waals surface area contributed by atoms with Crippen molar-refractivity contribution < 1.29 is 14.4 Å². The topological polar surface area (TPSA) is 51.2 Å². The molecule has 3 nitrogen and oxygen atoms in total. The van der Waals surface area contributed by atoms with Crippen molar-refractivity contribution in [3.8, 4) is 0 Å². The van der Waals surface area contributed by atoms with Gasteiger partial charge in [0.05, 0.1) is 0 Å². The zero-order chi connectivity index (χ0) is 16.6. The second-order valence-electron chi connectivity index (χ2n) is 8.92. The van der Waals surface area contributed by atoms with Crippen LogP contribution in [0.4, 0.5) is 0 Å². The maximum absolute atomic E-state index is 13.1. The van der Waals surface area contributed by atoms with Crippen LogP contribution >= 0.6 is 0 Å². The SMILES string of the molecule is C[C@@H]1CC2=CC(=O)CC[C@]2(C)C2C(=O)C[C@]3(C)C(=O)CCC3[C@@H]21. The summed E-state index contributed by atoms with van der Waals surface area (Å²) in [5.74, 6) is 1.84. The van der Waals surface area contributed by atoms with Crippen LogP contribution in [0.2, 0.25) is 0 Å². The van der Waals surface area contributed by atoms with Crippen molar-refractivity contribution in [3.05, 3.63) is 11.6 Å². The number of hydrogen-bond acceptors (Lipinski definition) is 3. The van der Waals surface area contributed by atoms with E-state index in [4.69, 9.17) is 0 Å². The Bertz CT molecular complexity index is 645. The van der Waals surface area contributed by atoms with Gasteiger partial charge in [-0.25, -0.2) is 0 Å². The lowest BCUT2D eigenvalue weighted by Gasteiger charge is -2.57. The third kappa shape index (κ3) is 1.85. The number of carbonyl (C=O) groups excluding carboxylic acids is 3. The summed E-state index contributed by atoms with van der Waals surface area (Å²) in [5.41, 5.74) is 0.618. The molecule has 0 N–H and O–H groups in total. The van der Waals surface area contributed by atoms with Crippen molar-refractivity contribution in [2.75, 3.05) is 0 Å². The Morgan fingerprint density at radius 2 is 1.83 bits per heavy atom. The van der Waals surface area contributed by atoms with E-state index in [1.807, 2.05) is 13.0 Å². The Labute approximate surface area is 137 Å². The molecule has 0 spiro atoms. The molecule has 0 aromatic heterocycles. The van der Waals surface area contributed by atoms with Gasteiger partial charge >= 0.3 is 0 Å². The van der Waals surface area contributed by atoms with Gasteiger partial charge < -0.3 is 0 Å². The van der Waals surface area contributed by atoms with E-state index in [-0.39, 0.29) is 22.9 Å². The maximum atomic E-state index is 13.1. The third-order valence-corrected chi connectivity index (χ3v) is 7.72. The second-order valence-corrected chi connectivity index (χ2v) is 8.92. The summed E-state index contributed by atoms with van der Waals surface area (Å²) in [6, 6.07) is 0. The molecule has 0 radical (unpaired) electrons. The molecule has 3 saturated carbocycles. The highest BCUT2D eigenvalue weighted by Crippen LogP contribution is 2.64. The maximum Gasteiger partial charge on any atom is 0.155 e. The molecule has 4 aliphatic carbocycles. The molecule has 3 fully saturated rings. The van der Waals surface area contributed by atoms with Crippen molar-refractivity contribution in [1.82, 2.24) is 0 Å². The molecule has 4 aliphatic rings. The van der Waals surface area contributed by atoms with E-state index >= 15 is 0 Å². The number of carbonyl (C=O) groups is 3. The van der Waals surface area contributed by atoms with E-state index < -0.39 is 5.41 Å².